The van der Waals surface area contributed by atoms with Gasteiger partial charge in [-0.3, -0.25) is 4.79 Å². The van der Waals surface area contributed by atoms with Crippen LogP contribution in [0.5, 0.6) is 0 Å². The predicted molar refractivity (Wildman–Crippen MR) is 104 cm³/mol. The van der Waals surface area contributed by atoms with Crippen LogP contribution in [0.2, 0.25) is 5.02 Å². The maximum absolute atomic E-state index is 12.7. The number of aromatic nitrogens is 2. The van der Waals surface area contributed by atoms with E-state index in [4.69, 9.17) is 16.1 Å². The van der Waals surface area contributed by atoms with E-state index in [1.165, 1.54) is 12.1 Å². The van der Waals surface area contributed by atoms with Gasteiger partial charge in [-0.2, -0.15) is 18.2 Å². The zero-order valence-corrected chi connectivity index (χ0v) is 16.2. The molecule has 0 aliphatic heterocycles. The Balaban J connectivity index is 1.46. The summed E-state index contributed by atoms with van der Waals surface area (Å²) in [4.78, 5) is 16.1. The molecule has 0 spiro atoms. The number of halogens is 4. The van der Waals surface area contributed by atoms with Gasteiger partial charge < -0.3 is 9.84 Å². The molecule has 1 heterocycles. The standard InChI is InChI=1S/C21H15ClF3N3O2/c22-17-8-6-15(7-9-17)20-27-19(30-28-20)11-10-18(29)26-12-2-4-14-3-1-5-16(13-14)21(23,24)25/h1,3,5-9,13H,10-12H2,(H,26,29). The van der Waals surface area contributed by atoms with Crippen LogP contribution in [0.3, 0.4) is 0 Å². The van der Waals surface area contributed by atoms with Crippen LogP contribution in [-0.4, -0.2) is 22.6 Å². The van der Waals surface area contributed by atoms with Crippen molar-refractivity contribution in [3.63, 3.8) is 0 Å². The Morgan fingerprint density at radius 1 is 1.17 bits per heavy atom. The minimum absolute atomic E-state index is 0.00887. The molecule has 0 saturated carbocycles. The topological polar surface area (TPSA) is 68.0 Å². The molecule has 0 radical (unpaired) electrons. The number of nitrogens with zero attached hydrogens (tertiary/aromatic N) is 2. The Kier molecular flexibility index (Phi) is 6.75. The number of carbonyl (C=O) groups is 1. The molecule has 30 heavy (non-hydrogen) atoms. The molecule has 1 amide bonds. The highest BCUT2D eigenvalue weighted by atomic mass is 35.5. The second kappa shape index (κ2) is 9.46. The van der Waals surface area contributed by atoms with E-state index in [1.54, 1.807) is 24.3 Å². The summed E-state index contributed by atoms with van der Waals surface area (Å²) in [5, 5.41) is 7.03. The highest BCUT2D eigenvalue weighted by molar-refractivity contribution is 6.30. The Morgan fingerprint density at radius 3 is 2.67 bits per heavy atom. The van der Waals surface area contributed by atoms with Crippen LogP contribution in [-0.2, 0) is 17.4 Å². The fraction of sp³-hybridized carbons (Fsp3) is 0.190. The fourth-order valence-electron chi connectivity index (χ4n) is 2.44. The molecule has 2 aromatic carbocycles. The average molecular weight is 434 g/mol. The number of amides is 1. The summed E-state index contributed by atoms with van der Waals surface area (Å²) in [5.41, 5.74) is 0.194. The summed E-state index contributed by atoms with van der Waals surface area (Å²) in [6, 6.07) is 11.6. The molecule has 0 bridgehead atoms. The van der Waals surface area contributed by atoms with Crippen molar-refractivity contribution in [2.24, 2.45) is 0 Å². The first kappa shape index (κ1) is 21.4. The Labute approximate surface area is 175 Å². The first-order valence-corrected chi connectivity index (χ1v) is 9.20. The first-order chi connectivity index (χ1) is 14.3. The zero-order chi connectivity index (χ0) is 21.6. The molecule has 0 unspecified atom stereocenters. The molecule has 0 saturated heterocycles. The summed E-state index contributed by atoms with van der Waals surface area (Å²) in [5.74, 6) is 5.64. The minimum atomic E-state index is -4.42. The van der Waals surface area contributed by atoms with E-state index in [1.807, 2.05) is 0 Å². The van der Waals surface area contributed by atoms with Crippen molar-refractivity contribution in [1.29, 1.82) is 0 Å². The van der Waals surface area contributed by atoms with Gasteiger partial charge in [0.25, 0.3) is 0 Å². The van der Waals surface area contributed by atoms with Crippen LogP contribution in [0.25, 0.3) is 11.4 Å². The molecule has 3 rings (SSSR count). The van der Waals surface area contributed by atoms with Gasteiger partial charge in [0.1, 0.15) is 0 Å². The molecule has 9 heteroatoms. The monoisotopic (exact) mass is 433 g/mol. The lowest BCUT2D eigenvalue weighted by Gasteiger charge is -2.05. The summed E-state index contributed by atoms with van der Waals surface area (Å²) < 4.78 is 43.1. The van der Waals surface area contributed by atoms with Gasteiger partial charge in [-0.15, -0.1) is 0 Å². The van der Waals surface area contributed by atoms with Crippen molar-refractivity contribution >= 4 is 17.5 Å². The maximum atomic E-state index is 12.7. The summed E-state index contributed by atoms with van der Waals surface area (Å²) in [6.07, 6.45) is -4.07. The molecule has 0 aliphatic carbocycles. The minimum Gasteiger partial charge on any atom is -0.345 e. The Hall–Kier alpha value is -3.31. The zero-order valence-electron chi connectivity index (χ0n) is 15.5. The quantitative estimate of drug-likeness (QED) is 0.601. The third-order valence-corrected chi connectivity index (χ3v) is 4.18. The van der Waals surface area contributed by atoms with E-state index in [9.17, 15) is 18.0 Å². The van der Waals surface area contributed by atoms with Gasteiger partial charge in [-0.1, -0.05) is 34.7 Å². The van der Waals surface area contributed by atoms with Crippen molar-refractivity contribution in [2.45, 2.75) is 19.0 Å². The molecule has 3 aromatic rings. The number of rotatable bonds is 5. The van der Waals surface area contributed by atoms with Crippen molar-refractivity contribution < 1.29 is 22.5 Å². The van der Waals surface area contributed by atoms with Crippen LogP contribution < -0.4 is 5.32 Å². The average Bonchev–Trinajstić information content (AvgIpc) is 3.19. The van der Waals surface area contributed by atoms with E-state index in [0.29, 0.717) is 16.7 Å². The van der Waals surface area contributed by atoms with Gasteiger partial charge >= 0.3 is 6.18 Å². The van der Waals surface area contributed by atoms with E-state index in [-0.39, 0.29) is 30.9 Å². The van der Waals surface area contributed by atoms with Crippen LogP contribution in [0.1, 0.15) is 23.4 Å². The lowest BCUT2D eigenvalue weighted by molar-refractivity contribution is -0.137. The molecular formula is C21H15ClF3N3O2. The summed E-state index contributed by atoms with van der Waals surface area (Å²) in [6.45, 7) is 0.00887. The molecule has 1 aromatic heterocycles. The molecular weight excluding hydrogens is 419 g/mol. The number of aryl methyl sites for hydroxylation is 1. The van der Waals surface area contributed by atoms with Gasteiger partial charge in [0.2, 0.25) is 17.6 Å². The SMILES string of the molecule is O=C(CCc1nc(-c2ccc(Cl)cc2)no1)NCC#Cc1cccc(C(F)(F)F)c1. The molecule has 0 aliphatic rings. The summed E-state index contributed by atoms with van der Waals surface area (Å²) >= 11 is 5.84. The van der Waals surface area contributed by atoms with E-state index in [0.717, 1.165) is 17.7 Å². The molecule has 1 N–H and O–H groups in total. The van der Waals surface area contributed by atoms with Gasteiger partial charge in [-0.25, -0.2) is 0 Å². The van der Waals surface area contributed by atoms with Crippen molar-refractivity contribution in [3.05, 3.63) is 70.6 Å². The van der Waals surface area contributed by atoms with E-state index in [2.05, 4.69) is 27.3 Å². The van der Waals surface area contributed by atoms with Crippen LogP contribution in [0, 0.1) is 11.8 Å². The molecule has 154 valence electrons. The summed E-state index contributed by atoms with van der Waals surface area (Å²) in [7, 11) is 0. The number of hydrogen-bond donors (Lipinski definition) is 1. The lowest BCUT2D eigenvalue weighted by atomic mass is 10.1. The van der Waals surface area contributed by atoms with E-state index >= 15 is 0 Å². The van der Waals surface area contributed by atoms with Crippen LogP contribution in [0.4, 0.5) is 13.2 Å². The highest BCUT2D eigenvalue weighted by Gasteiger charge is 2.30. The van der Waals surface area contributed by atoms with Crippen molar-refractivity contribution in [2.75, 3.05) is 6.54 Å². The smallest absolute Gasteiger partial charge is 0.345 e. The third-order valence-electron chi connectivity index (χ3n) is 3.93. The second-order valence-electron chi connectivity index (χ2n) is 6.18. The Bertz CT molecular complexity index is 1080. The maximum Gasteiger partial charge on any atom is 0.416 e. The van der Waals surface area contributed by atoms with Gasteiger partial charge in [-0.05, 0) is 42.5 Å². The van der Waals surface area contributed by atoms with Crippen LogP contribution in [0.15, 0.2) is 53.1 Å². The number of nitrogens with one attached hydrogen (secondary N) is 1. The lowest BCUT2D eigenvalue weighted by Crippen LogP contribution is -2.23. The van der Waals surface area contributed by atoms with Crippen molar-refractivity contribution in [3.8, 4) is 23.2 Å². The molecule has 0 fully saturated rings. The van der Waals surface area contributed by atoms with E-state index < -0.39 is 11.7 Å². The Morgan fingerprint density at radius 2 is 1.93 bits per heavy atom. The normalized spacial score (nSPS) is 10.9. The first-order valence-electron chi connectivity index (χ1n) is 8.82. The van der Waals surface area contributed by atoms with Gasteiger partial charge in [0.15, 0.2) is 0 Å². The van der Waals surface area contributed by atoms with Crippen LogP contribution >= 0.6 is 11.6 Å². The molecule has 0 atom stereocenters. The third kappa shape index (κ3) is 6.09. The largest absolute Gasteiger partial charge is 0.416 e. The highest BCUT2D eigenvalue weighted by Crippen LogP contribution is 2.29. The fourth-order valence-corrected chi connectivity index (χ4v) is 2.57. The number of alkyl halides is 3. The second-order valence-corrected chi connectivity index (χ2v) is 6.61. The van der Waals surface area contributed by atoms with Crippen molar-refractivity contribution in [1.82, 2.24) is 15.5 Å². The number of benzene rings is 2. The van der Waals surface area contributed by atoms with Gasteiger partial charge in [0.05, 0.1) is 12.1 Å². The number of carbonyl (C=O) groups excluding carboxylic acids is 1. The predicted octanol–water partition coefficient (Wildman–Crippen LogP) is 4.51. The van der Waals surface area contributed by atoms with Gasteiger partial charge in [0, 0.05) is 29.0 Å². The molecule has 5 nitrogen and oxygen atoms in total. The number of hydrogen-bond acceptors (Lipinski definition) is 4.